The molecule has 0 amide bonds. The average molecular weight is 424 g/mol. The van der Waals surface area contributed by atoms with E-state index < -0.39 is 22.7 Å². The fourth-order valence-electron chi connectivity index (χ4n) is 4.07. The second-order valence-electron chi connectivity index (χ2n) is 7.64. The maximum atomic E-state index is 13.7. The van der Waals surface area contributed by atoms with Gasteiger partial charge in [-0.1, -0.05) is 43.0 Å². The number of cyclic esters (lactones) is 1. The van der Waals surface area contributed by atoms with E-state index in [1.165, 1.54) is 6.08 Å². The van der Waals surface area contributed by atoms with Gasteiger partial charge in [-0.15, -0.1) is 0 Å². The summed E-state index contributed by atoms with van der Waals surface area (Å²) in [7, 11) is 3.76. The maximum absolute atomic E-state index is 13.7. The summed E-state index contributed by atoms with van der Waals surface area (Å²) in [5, 5.41) is 11.0. The number of likely N-dealkylation sites (N-methyl/N-ethyl adjacent to an activating group) is 1. The molecule has 29 heavy (non-hydrogen) atoms. The minimum absolute atomic E-state index is 0. The number of ketones is 1. The maximum Gasteiger partial charge on any atom is 0.347 e. The van der Waals surface area contributed by atoms with Crippen LogP contribution in [0.15, 0.2) is 61.3 Å². The molecular weight excluding hydrogens is 390 g/mol. The van der Waals surface area contributed by atoms with Crippen molar-refractivity contribution >= 4 is 11.8 Å². The lowest BCUT2D eigenvalue weighted by atomic mass is 9.69. The van der Waals surface area contributed by atoms with E-state index in [4.69, 9.17) is 4.74 Å². The van der Waals surface area contributed by atoms with Gasteiger partial charge in [0.25, 0.3) is 5.72 Å². The van der Waals surface area contributed by atoms with Crippen LogP contribution in [0.1, 0.15) is 34.1 Å². The molecule has 5 nitrogen and oxygen atoms in total. The van der Waals surface area contributed by atoms with Crippen molar-refractivity contribution in [1.82, 2.24) is 0 Å². The predicted molar refractivity (Wildman–Crippen MR) is 112 cm³/mol. The van der Waals surface area contributed by atoms with Crippen LogP contribution in [0.5, 0.6) is 0 Å². The molecular formula is C23H34ClNO4. The number of esters is 1. The Hall–Kier alpha value is -1.95. The van der Waals surface area contributed by atoms with Crippen LogP contribution in [0.2, 0.25) is 0 Å². The van der Waals surface area contributed by atoms with Crippen molar-refractivity contribution < 1.29 is 36.3 Å². The summed E-state index contributed by atoms with van der Waals surface area (Å²) in [6.07, 6.45) is 14.8. The Bertz CT molecular complexity index is 723. The summed E-state index contributed by atoms with van der Waals surface area (Å²) in [4.78, 5) is 26.8. The van der Waals surface area contributed by atoms with Gasteiger partial charge in [-0.25, -0.2) is 4.79 Å². The Morgan fingerprint density at radius 3 is 1.90 bits per heavy atom. The van der Waals surface area contributed by atoms with Crippen molar-refractivity contribution in [1.29, 1.82) is 0 Å². The highest BCUT2D eigenvalue weighted by Gasteiger charge is 2.68. The van der Waals surface area contributed by atoms with E-state index in [1.807, 2.05) is 34.9 Å². The van der Waals surface area contributed by atoms with Crippen LogP contribution in [0.3, 0.4) is 0 Å². The first kappa shape index (κ1) is 27.0. The average Bonchev–Trinajstić information content (AvgIpc) is 2.65. The van der Waals surface area contributed by atoms with E-state index in [9.17, 15) is 14.7 Å². The largest absolute Gasteiger partial charge is 1.00 e. The third-order valence-corrected chi connectivity index (χ3v) is 5.26. The number of quaternary nitrogens is 1. The van der Waals surface area contributed by atoms with Crippen LogP contribution in [-0.4, -0.2) is 53.3 Å². The second-order valence-corrected chi connectivity index (χ2v) is 7.64. The first-order chi connectivity index (χ1) is 13.1. The lowest BCUT2D eigenvalue weighted by Gasteiger charge is -2.51. The van der Waals surface area contributed by atoms with Gasteiger partial charge in [0.2, 0.25) is 0 Å². The number of hydrogen-bond donors (Lipinski definition) is 1. The molecule has 0 bridgehead atoms. The number of carbonyl (C=O) groups is 2. The molecule has 0 spiro atoms. The Balaban J connectivity index is 0.00000784. The molecule has 2 atom stereocenters. The van der Waals surface area contributed by atoms with Gasteiger partial charge in [-0.05, 0) is 39.8 Å². The number of Topliss-reactive ketones (excluding diaryl/α,β-unsaturated/α-hetero) is 1. The molecule has 0 saturated carbocycles. The zero-order chi connectivity index (χ0) is 21.6. The lowest BCUT2D eigenvalue weighted by molar-refractivity contribution is -0.957. The summed E-state index contributed by atoms with van der Waals surface area (Å²) in [5.41, 5.74) is -4.72. The van der Waals surface area contributed by atoms with Gasteiger partial charge in [0.15, 0.2) is 16.8 Å². The molecule has 162 valence electrons. The van der Waals surface area contributed by atoms with E-state index in [0.717, 1.165) is 0 Å². The zero-order valence-corrected chi connectivity index (χ0v) is 19.1. The highest BCUT2D eigenvalue weighted by Crippen LogP contribution is 2.49. The van der Waals surface area contributed by atoms with Crippen LogP contribution in [-0.2, 0) is 14.3 Å². The molecule has 1 aliphatic heterocycles. The number of carbonyl (C=O) groups excluding carboxylic acids is 2. The highest BCUT2D eigenvalue weighted by molar-refractivity contribution is 5.98. The Morgan fingerprint density at radius 2 is 1.48 bits per heavy atom. The van der Waals surface area contributed by atoms with Crippen molar-refractivity contribution in [2.24, 2.45) is 5.41 Å². The number of aliphatic hydroxyl groups is 1. The van der Waals surface area contributed by atoms with Crippen molar-refractivity contribution in [3.05, 3.63) is 61.3 Å². The molecule has 6 heteroatoms. The number of ether oxygens (including phenoxy) is 1. The molecule has 1 fully saturated rings. The van der Waals surface area contributed by atoms with Crippen LogP contribution >= 0.6 is 0 Å². The van der Waals surface area contributed by atoms with E-state index >= 15 is 0 Å². The van der Waals surface area contributed by atoms with E-state index in [0.29, 0.717) is 6.54 Å². The van der Waals surface area contributed by atoms with Crippen molar-refractivity contribution in [2.75, 3.05) is 20.6 Å². The molecule has 1 aliphatic rings. The fraction of sp³-hybridized carbons (Fsp3) is 0.478. The third-order valence-electron chi connectivity index (χ3n) is 5.26. The summed E-state index contributed by atoms with van der Waals surface area (Å²) in [5.74, 6) is -1.15. The molecule has 0 aromatic carbocycles. The third kappa shape index (κ3) is 4.47. The number of hydrogen-bond acceptors (Lipinski definition) is 4. The van der Waals surface area contributed by atoms with Gasteiger partial charge in [0, 0.05) is 6.08 Å². The van der Waals surface area contributed by atoms with Crippen LogP contribution in [0, 0.1) is 5.41 Å². The molecule has 1 rings (SSSR count). The lowest BCUT2D eigenvalue weighted by Crippen LogP contribution is -3.00. The topological polar surface area (TPSA) is 63.6 Å². The van der Waals surface area contributed by atoms with Gasteiger partial charge < -0.3 is 22.3 Å². The van der Waals surface area contributed by atoms with E-state index in [2.05, 4.69) is 6.58 Å². The minimum atomic E-state index is -2.02. The van der Waals surface area contributed by atoms with Crippen molar-refractivity contribution in [2.45, 2.75) is 45.4 Å². The second kappa shape index (κ2) is 10.2. The summed E-state index contributed by atoms with van der Waals surface area (Å²) >= 11 is 0. The van der Waals surface area contributed by atoms with Crippen LogP contribution in [0.25, 0.3) is 0 Å². The predicted octanol–water partition coefficient (Wildman–Crippen LogP) is 0.487. The number of allylic oxidation sites excluding steroid dienone is 4. The number of nitrogens with zero attached hydrogens (tertiary/aromatic N) is 1. The summed E-state index contributed by atoms with van der Waals surface area (Å²) in [6, 6.07) is 0. The Labute approximate surface area is 181 Å². The van der Waals surface area contributed by atoms with Gasteiger partial charge in [-0.2, -0.15) is 0 Å². The zero-order valence-electron chi connectivity index (χ0n) is 18.3. The molecule has 2 unspecified atom stereocenters. The van der Waals surface area contributed by atoms with Crippen molar-refractivity contribution in [3.63, 3.8) is 0 Å². The number of halogens is 1. The minimum Gasteiger partial charge on any atom is -1.00 e. The van der Waals surface area contributed by atoms with E-state index in [1.54, 1.807) is 55.5 Å². The molecule has 0 radical (unpaired) electrons. The highest BCUT2D eigenvalue weighted by atomic mass is 35.5. The molecule has 1 heterocycles. The van der Waals surface area contributed by atoms with Gasteiger partial charge in [-0.3, -0.25) is 9.28 Å². The van der Waals surface area contributed by atoms with Gasteiger partial charge in [0.1, 0.15) is 6.54 Å². The SMILES string of the molecule is C=CC[N+](C)(C)C1(C=CC)OC(=O)C(O)(C=CC)CC(=O)C1(C=CC)C=CC.[Cl-]. The molecule has 0 aromatic heterocycles. The first-order valence-electron chi connectivity index (χ1n) is 9.55. The smallest absolute Gasteiger partial charge is 0.347 e. The standard InChI is InChI=1S/C23H34NO4.ClH/c1-8-13-21(14-9-2)19(25)18-22(27,15-10-3)20(26)28-23(21,16-11-4)24(6,7)17-12-5;/h8-16,27H,5,17-18H2,1-4,6-7H3;1H/q+1;/p-1. The normalized spacial score (nSPS) is 31.4. The number of rotatable bonds is 7. The molecule has 0 aliphatic carbocycles. The summed E-state index contributed by atoms with van der Waals surface area (Å²) < 4.78 is 6.21. The summed E-state index contributed by atoms with van der Waals surface area (Å²) in [6.45, 7) is 11.4. The first-order valence-corrected chi connectivity index (χ1v) is 9.55. The Kier molecular flexibility index (Phi) is 9.51. The Morgan fingerprint density at radius 1 is 1.00 bits per heavy atom. The van der Waals surface area contributed by atoms with Crippen LogP contribution in [0.4, 0.5) is 0 Å². The molecule has 0 aromatic rings. The molecule has 1 N–H and O–H groups in total. The van der Waals surface area contributed by atoms with Crippen LogP contribution < -0.4 is 12.4 Å². The van der Waals surface area contributed by atoms with Crippen molar-refractivity contribution in [3.8, 4) is 0 Å². The van der Waals surface area contributed by atoms with E-state index in [-0.39, 0.29) is 29.1 Å². The quantitative estimate of drug-likeness (QED) is 0.367. The van der Waals surface area contributed by atoms with Gasteiger partial charge in [0.05, 0.1) is 20.5 Å². The monoisotopic (exact) mass is 423 g/mol. The molecule has 1 saturated heterocycles. The fourth-order valence-corrected chi connectivity index (χ4v) is 4.07. The van der Waals surface area contributed by atoms with Gasteiger partial charge >= 0.3 is 5.97 Å².